The number of halogens is 1. The van der Waals surface area contributed by atoms with Crippen molar-refractivity contribution in [2.45, 2.75) is 32.1 Å². The fourth-order valence-electron chi connectivity index (χ4n) is 2.85. The van der Waals surface area contributed by atoms with E-state index in [1.807, 2.05) is 0 Å². The van der Waals surface area contributed by atoms with Crippen LogP contribution < -0.4 is 0 Å². The summed E-state index contributed by atoms with van der Waals surface area (Å²) in [6.07, 6.45) is 2.58. The van der Waals surface area contributed by atoms with Crippen molar-refractivity contribution in [1.82, 2.24) is 3.11 Å². The van der Waals surface area contributed by atoms with Crippen molar-refractivity contribution in [2.24, 2.45) is 5.92 Å². The van der Waals surface area contributed by atoms with Gasteiger partial charge >= 0.3 is 0 Å². The lowest BCUT2D eigenvalue weighted by Crippen LogP contribution is -2.42. The van der Waals surface area contributed by atoms with Gasteiger partial charge < -0.3 is 0 Å². The zero-order valence-electron chi connectivity index (χ0n) is 10.1. The molecule has 0 N–H and O–H groups in total. The van der Waals surface area contributed by atoms with Crippen LogP contribution in [0.3, 0.4) is 0 Å². The molecule has 88 valence electrons. The summed E-state index contributed by atoms with van der Waals surface area (Å²) in [5.41, 5.74) is 1.94. The predicted molar refractivity (Wildman–Crippen MR) is 77.8 cm³/mol. The van der Waals surface area contributed by atoms with E-state index in [0.717, 1.165) is 5.92 Å². The molecule has 1 heterocycles. The molecular weight excluding hydrogens is 309 g/mol. The Morgan fingerprint density at radius 2 is 1.69 bits per heavy atom. The van der Waals surface area contributed by atoms with Gasteiger partial charge in [0, 0.05) is 41.4 Å². The third-order valence-electron chi connectivity index (χ3n) is 4.05. The van der Waals surface area contributed by atoms with Gasteiger partial charge in [-0.1, -0.05) is 44.2 Å². The topological polar surface area (TPSA) is 3.24 Å². The lowest BCUT2D eigenvalue weighted by atomic mass is 9.66. The number of piperidine rings is 1. The standard InChI is InChI=1S/C14H20IN/c1-12(2)14(8-10-16(15)11-9-14)13-6-4-3-5-7-13/h3-7,12H,8-11H2,1-2H3. The van der Waals surface area contributed by atoms with E-state index in [9.17, 15) is 0 Å². The molecular formula is C14H20IN. The van der Waals surface area contributed by atoms with E-state index in [2.05, 4.69) is 70.2 Å². The largest absolute Gasteiger partial charge is 0.247 e. The highest BCUT2D eigenvalue weighted by atomic mass is 127. The van der Waals surface area contributed by atoms with Gasteiger partial charge in [0.05, 0.1) is 0 Å². The summed E-state index contributed by atoms with van der Waals surface area (Å²) in [7, 11) is 0. The van der Waals surface area contributed by atoms with E-state index in [0.29, 0.717) is 5.41 Å². The summed E-state index contributed by atoms with van der Waals surface area (Å²) < 4.78 is 2.42. The monoisotopic (exact) mass is 329 g/mol. The molecule has 2 rings (SSSR count). The molecule has 0 amide bonds. The number of hydrogen-bond acceptors (Lipinski definition) is 1. The quantitative estimate of drug-likeness (QED) is 0.585. The Morgan fingerprint density at radius 3 is 2.19 bits per heavy atom. The molecule has 1 fully saturated rings. The average Bonchev–Trinajstić information content (AvgIpc) is 2.31. The zero-order chi connectivity index (χ0) is 11.6. The summed E-state index contributed by atoms with van der Waals surface area (Å²) in [6, 6.07) is 11.1. The van der Waals surface area contributed by atoms with E-state index in [4.69, 9.17) is 0 Å². The third kappa shape index (κ3) is 2.28. The minimum Gasteiger partial charge on any atom is -0.247 e. The Kier molecular flexibility index (Phi) is 3.90. The van der Waals surface area contributed by atoms with Crippen LogP contribution in [0.4, 0.5) is 0 Å². The predicted octanol–water partition coefficient (Wildman–Crippen LogP) is 4.03. The van der Waals surface area contributed by atoms with Crippen LogP contribution in [0.5, 0.6) is 0 Å². The first-order valence-corrected chi connectivity index (χ1v) is 7.08. The van der Waals surface area contributed by atoms with Gasteiger partial charge in [0.1, 0.15) is 0 Å². The van der Waals surface area contributed by atoms with Crippen LogP contribution in [0.15, 0.2) is 30.3 Å². The molecule has 1 aromatic rings. The minimum atomic E-state index is 0.406. The third-order valence-corrected chi connectivity index (χ3v) is 5.02. The maximum atomic E-state index is 2.45. The van der Waals surface area contributed by atoms with Crippen LogP contribution in [0.2, 0.25) is 0 Å². The highest BCUT2D eigenvalue weighted by molar-refractivity contribution is 14.1. The van der Waals surface area contributed by atoms with Gasteiger partial charge in [0.25, 0.3) is 0 Å². The molecule has 1 nitrogen and oxygen atoms in total. The molecule has 0 spiro atoms. The fourth-order valence-corrected chi connectivity index (χ4v) is 3.33. The molecule has 2 heteroatoms. The summed E-state index contributed by atoms with van der Waals surface area (Å²) in [6.45, 7) is 7.17. The Balaban J connectivity index is 2.30. The van der Waals surface area contributed by atoms with Gasteiger partial charge in [-0.15, -0.1) is 0 Å². The molecule has 0 aromatic heterocycles. The lowest BCUT2D eigenvalue weighted by molar-refractivity contribution is 0.195. The van der Waals surface area contributed by atoms with Crippen molar-refractivity contribution in [3.05, 3.63) is 35.9 Å². The number of nitrogens with zero attached hydrogens (tertiary/aromatic N) is 1. The molecule has 0 unspecified atom stereocenters. The highest BCUT2D eigenvalue weighted by Gasteiger charge is 2.38. The highest BCUT2D eigenvalue weighted by Crippen LogP contribution is 2.42. The van der Waals surface area contributed by atoms with Gasteiger partial charge in [-0.2, -0.15) is 0 Å². The van der Waals surface area contributed by atoms with Crippen molar-refractivity contribution in [3.63, 3.8) is 0 Å². The van der Waals surface area contributed by atoms with Crippen molar-refractivity contribution >= 4 is 22.9 Å². The van der Waals surface area contributed by atoms with Gasteiger partial charge in [0.2, 0.25) is 0 Å². The van der Waals surface area contributed by atoms with Crippen molar-refractivity contribution in [3.8, 4) is 0 Å². The van der Waals surface area contributed by atoms with Crippen LogP contribution in [0.25, 0.3) is 0 Å². The first-order chi connectivity index (χ1) is 7.65. The average molecular weight is 329 g/mol. The van der Waals surface area contributed by atoms with E-state index < -0.39 is 0 Å². The second-order valence-electron chi connectivity index (χ2n) is 5.09. The molecule has 0 atom stereocenters. The van der Waals surface area contributed by atoms with Crippen LogP contribution in [-0.4, -0.2) is 16.2 Å². The fraction of sp³-hybridized carbons (Fsp3) is 0.571. The molecule has 0 bridgehead atoms. The normalized spacial score (nSPS) is 21.2. The molecule has 1 saturated heterocycles. The number of hydrogen-bond donors (Lipinski definition) is 0. The van der Waals surface area contributed by atoms with E-state index in [1.165, 1.54) is 31.5 Å². The van der Waals surface area contributed by atoms with Crippen LogP contribution >= 0.6 is 22.9 Å². The van der Waals surface area contributed by atoms with Crippen molar-refractivity contribution in [1.29, 1.82) is 0 Å². The van der Waals surface area contributed by atoms with Crippen molar-refractivity contribution in [2.75, 3.05) is 13.1 Å². The van der Waals surface area contributed by atoms with Gasteiger partial charge in [0.15, 0.2) is 0 Å². The number of rotatable bonds is 2. The Hall–Kier alpha value is -0.0900. The van der Waals surface area contributed by atoms with E-state index in [-0.39, 0.29) is 0 Å². The summed E-state index contributed by atoms with van der Waals surface area (Å²) >= 11 is 2.45. The van der Waals surface area contributed by atoms with E-state index >= 15 is 0 Å². The summed E-state index contributed by atoms with van der Waals surface area (Å²) in [5, 5.41) is 0. The Morgan fingerprint density at radius 1 is 1.12 bits per heavy atom. The molecule has 1 aromatic carbocycles. The van der Waals surface area contributed by atoms with Gasteiger partial charge in [-0.05, 0) is 24.3 Å². The molecule has 0 saturated carbocycles. The Labute approximate surface area is 113 Å². The number of benzene rings is 1. The maximum absolute atomic E-state index is 2.45. The molecule has 1 aliphatic rings. The maximum Gasteiger partial charge on any atom is 0.0201 e. The van der Waals surface area contributed by atoms with Crippen LogP contribution in [-0.2, 0) is 5.41 Å². The first-order valence-electron chi connectivity index (χ1n) is 6.11. The second-order valence-corrected chi connectivity index (χ2v) is 6.45. The minimum absolute atomic E-state index is 0.406. The molecule has 1 aliphatic heterocycles. The first kappa shape index (κ1) is 12.4. The summed E-state index contributed by atoms with van der Waals surface area (Å²) in [4.78, 5) is 0. The Bertz CT molecular complexity index is 326. The van der Waals surface area contributed by atoms with Crippen LogP contribution in [0.1, 0.15) is 32.3 Å². The molecule has 0 aliphatic carbocycles. The second kappa shape index (κ2) is 5.05. The summed E-state index contributed by atoms with van der Waals surface area (Å²) in [5.74, 6) is 0.722. The van der Waals surface area contributed by atoms with E-state index in [1.54, 1.807) is 0 Å². The SMILES string of the molecule is CC(C)C1(c2ccccc2)CCN(I)CC1. The van der Waals surface area contributed by atoms with Gasteiger partial charge in [-0.3, -0.25) is 0 Å². The van der Waals surface area contributed by atoms with Crippen LogP contribution in [0, 0.1) is 5.92 Å². The molecule has 0 radical (unpaired) electrons. The smallest absolute Gasteiger partial charge is 0.0201 e. The molecule has 16 heavy (non-hydrogen) atoms. The van der Waals surface area contributed by atoms with Crippen molar-refractivity contribution < 1.29 is 0 Å². The lowest BCUT2D eigenvalue weighted by Gasteiger charge is -2.43. The zero-order valence-corrected chi connectivity index (χ0v) is 12.3. The van der Waals surface area contributed by atoms with Gasteiger partial charge in [-0.25, -0.2) is 3.11 Å².